The summed E-state index contributed by atoms with van der Waals surface area (Å²) in [5.74, 6) is -0.529. The number of hydrogen-bond acceptors (Lipinski definition) is 7. The van der Waals surface area contributed by atoms with Gasteiger partial charge in [-0.2, -0.15) is 0 Å². The van der Waals surface area contributed by atoms with Crippen molar-refractivity contribution >= 4 is 19.7 Å². The molecule has 10 heteroatoms. The van der Waals surface area contributed by atoms with E-state index in [0.717, 1.165) is 77.0 Å². The SMILES string of the molecule is CCCCC/C=C\C/C=C\C/C=C\C/C=C\CCCCCCCCCCCCCC(=O)OC(/C=C/CCCCCCCCCCC)C(COP(=O)([O-])OCC[N+](C)(C)C)NC(=O)CCCCCCCCCCCCCCCCCCCCCCC. The van der Waals surface area contributed by atoms with Crippen LogP contribution in [0.5, 0.6) is 0 Å². The maximum atomic E-state index is 13.6. The number of phosphoric acid groups is 1. The van der Waals surface area contributed by atoms with Gasteiger partial charge in [0.15, 0.2) is 0 Å². The number of allylic oxidation sites excluding steroid dienone is 9. The first kappa shape index (κ1) is 82.7. The zero-order valence-electron chi connectivity index (χ0n) is 57.1. The fourth-order valence-corrected chi connectivity index (χ4v) is 11.5. The van der Waals surface area contributed by atoms with Crippen LogP contribution in [0.25, 0.3) is 0 Å². The fraction of sp³-hybridized carbons (Fsp3) is 0.840. The normalized spacial score (nSPS) is 13.8. The Morgan fingerprint density at radius 2 is 0.718 bits per heavy atom. The van der Waals surface area contributed by atoms with E-state index >= 15 is 0 Å². The van der Waals surface area contributed by atoms with Gasteiger partial charge in [-0.05, 0) is 76.7 Å². The van der Waals surface area contributed by atoms with Crippen molar-refractivity contribution in [2.45, 2.75) is 367 Å². The highest BCUT2D eigenvalue weighted by atomic mass is 31.2. The molecular formula is C75H141N2O7P. The molecule has 3 unspecified atom stereocenters. The van der Waals surface area contributed by atoms with Crippen molar-refractivity contribution in [2.24, 2.45) is 0 Å². The average molecular weight is 1210 g/mol. The summed E-state index contributed by atoms with van der Waals surface area (Å²) in [6.45, 7) is 6.86. The second-order valence-corrected chi connectivity index (χ2v) is 27.5. The van der Waals surface area contributed by atoms with E-state index in [9.17, 15) is 19.0 Å². The summed E-state index contributed by atoms with van der Waals surface area (Å²) in [7, 11) is 1.19. The predicted molar refractivity (Wildman–Crippen MR) is 367 cm³/mol. The molecule has 498 valence electrons. The second kappa shape index (κ2) is 64.7. The molecule has 85 heavy (non-hydrogen) atoms. The Bertz CT molecular complexity index is 1640. The van der Waals surface area contributed by atoms with Crippen LogP contribution in [0, 0.1) is 0 Å². The molecule has 9 nitrogen and oxygen atoms in total. The van der Waals surface area contributed by atoms with Gasteiger partial charge in [0.1, 0.15) is 19.3 Å². The minimum atomic E-state index is -4.70. The monoisotopic (exact) mass is 1210 g/mol. The number of ether oxygens (including phenoxy) is 1. The highest BCUT2D eigenvalue weighted by Gasteiger charge is 2.27. The lowest BCUT2D eigenvalue weighted by molar-refractivity contribution is -0.870. The third-order valence-electron chi connectivity index (χ3n) is 16.5. The molecule has 1 N–H and O–H groups in total. The van der Waals surface area contributed by atoms with Crippen molar-refractivity contribution in [1.29, 1.82) is 0 Å². The Hall–Kier alpha value is -2.29. The Balaban J connectivity index is 4.97. The van der Waals surface area contributed by atoms with Gasteiger partial charge in [0.2, 0.25) is 5.91 Å². The zero-order valence-corrected chi connectivity index (χ0v) is 58.0. The molecule has 0 rings (SSSR count). The molecule has 0 aromatic rings. The van der Waals surface area contributed by atoms with Gasteiger partial charge in [-0.15, -0.1) is 0 Å². The van der Waals surface area contributed by atoms with Gasteiger partial charge in [0, 0.05) is 12.8 Å². The number of hydrogen-bond donors (Lipinski definition) is 1. The predicted octanol–water partition coefficient (Wildman–Crippen LogP) is 22.7. The van der Waals surface area contributed by atoms with Crippen LogP contribution in [-0.4, -0.2) is 69.4 Å². The number of likely N-dealkylation sites (N-methyl/N-ethyl adjacent to an activating group) is 1. The van der Waals surface area contributed by atoms with Gasteiger partial charge in [0.25, 0.3) is 7.82 Å². The summed E-state index contributed by atoms with van der Waals surface area (Å²) in [6.07, 6.45) is 83.5. The number of amides is 1. The van der Waals surface area contributed by atoms with Gasteiger partial charge in [0.05, 0.1) is 33.8 Å². The maximum absolute atomic E-state index is 13.6. The number of phosphoric ester groups is 1. The summed E-state index contributed by atoms with van der Waals surface area (Å²) in [5.41, 5.74) is 0. The Kier molecular flexibility index (Phi) is 62.9. The van der Waals surface area contributed by atoms with E-state index in [4.69, 9.17) is 13.8 Å². The highest BCUT2D eigenvalue weighted by molar-refractivity contribution is 7.45. The topological polar surface area (TPSA) is 114 Å². The molecule has 1 amide bonds. The quantitative estimate of drug-likeness (QED) is 0.0212. The molecule has 0 aromatic carbocycles. The number of quaternary nitrogens is 1. The van der Waals surface area contributed by atoms with Gasteiger partial charge in [-0.3, -0.25) is 14.2 Å². The first-order valence-corrected chi connectivity index (χ1v) is 38.1. The summed E-state index contributed by atoms with van der Waals surface area (Å²) < 4.78 is 30.5. The zero-order chi connectivity index (χ0) is 62.1. The molecule has 0 aliphatic heterocycles. The van der Waals surface area contributed by atoms with Gasteiger partial charge in [-0.25, -0.2) is 0 Å². The Morgan fingerprint density at radius 1 is 0.412 bits per heavy atom. The summed E-state index contributed by atoms with van der Waals surface area (Å²) >= 11 is 0. The Labute approximate surface area is 528 Å². The Morgan fingerprint density at radius 3 is 1.09 bits per heavy atom. The summed E-state index contributed by atoms with van der Waals surface area (Å²) in [4.78, 5) is 40.2. The number of rotatable bonds is 67. The molecule has 0 aliphatic carbocycles. The van der Waals surface area contributed by atoms with E-state index in [1.807, 2.05) is 33.3 Å². The van der Waals surface area contributed by atoms with Crippen LogP contribution in [0.1, 0.15) is 355 Å². The molecule has 0 aromatic heterocycles. The largest absolute Gasteiger partial charge is 0.756 e. The molecule has 0 saturated heterocycles. The molecule has 0 aliphatic rings. The summed E-state index contributed by atoms with van der Waals surface area (Å²) in [6, 6.07) is -0.889. The van der Waals surface area contributed by atoms with Crippen LogP contribution < -0.4 is 10.2 Å². The van der Waals surface area contributed by atoms with Crippen LogP contribution in [0.15, 0.2) is 60.8 Å². The van der Waals surface area contributed by atoms with Gasteiger partial charge >= 0.3 is 5.97 Å². The van der Waals surface area contributed by atoms with Crippen LogP contribution in [-0.2, 0) is 27.9 Å². The molecular weight excluding hydrogens is 1070 g/mol. The molecule has 0 spiro atoms. The number of carbonyl (C=O) groups is 2. The van der Waals surface area contributed by atoms with Crippen molar-refractivity contribution in [1.82, 2.24) is 5.32 Å². The fourth-order valence-electron chi connectivity index (χ4n) is 10.8. The van der Waals surface area contributed by atoms with E-state index in [0.29, 0.717) is 17.4 Å². The third-order valence-corrected chi connectivity index (χ3v) is 17.4. The van der Waals surface area contributed by atoms with Crippen molar-refractivity contribution < 1.29 is 37.3 Å². The van der Waals surface area contributed by atoms with Crippen LogP contribution in [0.3, 0.4) is 0 Å². The number of esters is 1. The number of unbranched alkanes of at least 4 members (excludes halogenated alkanes) is 43. The van der Waals surface area contributed by atoms with Crippen molar-refractivity contribution in [2.75, 3.05) is 40.9 Å². The molecule has 0 saturated carbocycles. The number of carbonyl (C=O) groups excluding carboxylic acids is 2. The smallest absolute Gasteiger partial charge is 0.306 e. The molecule has 3 atom stereocenters. The lowest BCUT2D eigenvalue weighted by Crippen LogP contribution is -2.47. The number of nitrogens with one attached hydrogen (secondary N) is 1. The summed E-state index contributed by atoms with van der Waals surface area (Å²) in [5, 5.41) is 3.05. The first-order chi connectivity index (χ1) is 41.4. The maximum Gasteiger partial charge on any atom is 0.306 e. The standard InChI is InChI=1S/C75H141N2O7P/c1-7-10-13-16-19-22-25-27-29-31-33-35-36-37-38-39-40-42-44-46-48-50-53-56-59-62-65-68-75(79)84-73(66-63-60-57-54-51-24-21-18-15-12-9-3)72(71-83-85(80,81)82-70-69-77(4,5)6)76-74(78)67-64-61-58-55-52-49-47-45-43-41-34-32-30-28-26-23-20-17-14-11-8-2/h19,22,27,29,33,35,37-38,63,66,72-73H,7-18,20-21,23-26,28,30-32,34,36,39-62,64-65,67-71H2,1-6H3,(H-,76,78,80,81)/b22-19-,29-27-,35-33-,38-37-,66-63+. The van der Waals surface area contributed by atoms with E-state index in [1.165, 1.54) is 244 Å². The molecule has 0 radical (unpaired) electrons. The van der Waals surface area contributed by atoms with Crippen molar-refractivity contribution in [3.63, 3.8) is 0 Å². The highest BCUT2D eigenvalue weighted by Crippen LogP contribution is 2.38. The van der Waals surface area contributed by atoms with Crippen LogP contribution >= 0.6 is 7.82 Å². The van der Waals surface area contributed by atoms with E-state index < -0.39 is 20.0 Å². The lowest BCUT2D eigenvalue weighted by atomic mass is 10.0. The van der Waals surface area contributed by atoms with E-state index in [2.05, 4.69) is 74.7 Å². The van der Waals surface area contributed by atoms with Crippen molar-refractivity contribution in [3.8, 4) is 0 Å². The third kappa shape index (κ3) is 66.0. The van der Waals surface area contributed by atoms with Crippen LogP contribution in [0.2, 0.25) is 0 Å². The second-order valence-electron chi connectivity index (χ2n) is 26.1. The van der Waals surface area contributed by atoms with Gasteiger partial charge in [-0.1, -0.05) is 326 Å². The first-order valence-electron chi connectivity index (χ1n) is 36.6. The lowest BCUT2D eigenvalue weighted by Gasteiger charge is -2.30. The van der Waals surface area contributed by atoms with Crippen LogP contribution in [0.4, 0.5) is 0 Å². The molecule has 0 heterocycles. The number of nitrogens with zero attached hydrogens (tertiary/aromatic N) is 1. The minimum Gasteiger partial charge on any atom is -0.756 e. The van der Waals surface area contributed by atoms with Crippen molar-refractivity contribution in [3.05, 3.63) is 60.8 Å². The molecule has 0 bridgehead atoms. The van der Waals surface area contributed by atoms with E-state index in [-0.39, 0.29) is 31.5 Å². The minimum absolute atomic E-state index is 0.0217. The van der Waals surface area contributed by atoms with E-state index in [1.54, 1.807) is 0 Å². The van der Waals surface area contributed by atoms with Gasteiger partial charge < -0.3 is 28.5 Å². The molecule has 0 fully saturated rings. The average Bonchev–Trinajstić information content (AvgIpc) is 3.59.